The van der Waals surface area contributed by atoms with Crippen LogP contribution < -0.4 is 4.74 Å². The molecule has 0 fully saturated rings. The molecule has 0 aliphatic heterocycles. The van der Waals surface area contributed by atoms with Crippen molar-refractivity contribution in [2.45, 2.75) is 10.8 Å². The largest absolute Gasteiger partial charge is 0.489 e. The fourth-order valence-electron chi connectivity index (χ4n) is 1.64. The molecule has 2 aromatic rings. The SMILES string of the molecule is Fc1cccc(CCl)c1OCCSc1ccccc1. The first-order chi connectivity index (χ1) is 9.31. The summed E-state index contributed by atoms with van der Waals surface area (Å²) in [5.74, 6) is 0.924. The zero-order valence-electron chi connectivity index (χ0n) is 10.3. The Morgan fingerprint density at radius 3 is 2.58 bits per heavy atom. The normalized spacial score (nSPS) is 10.4. The van der Waals surface area contributed by atoms with Gasteiger partial charge < -0.3 is 4.74 Å². The fraction of sp³-hybridized carbons (Fsp3) is 0.200. The van der Waals surface area contributed by atoms with Gasteiger partial charge in [0, 0.05) is 16.2 Å². The molecule has 0 radical (unpaired) electrons. The number of benzene rings is 2. The van der Waals surface area contributed by atoms with E-state index in [-0.39, 0.29) is 17.4 Å². The summed E-state index contributed by atoms with van der Waals surface area (Å²) in [6, 6.07) is 14.8. The van der Waals surface area contributed by atoms with Crippen molar-refractivity contribution in [3.05, 3.63) is 59.9 Å². The monoisotopic (exact) mass is 296 g/mol. The van der Waals surface area contributed by atoms with Crippen molar-refractivity contribution >= 4 is 23.4 Å². The van der Waals surface area contributed by atoms with Crippen LogP contribution in [0, 0.1) is 5.82 Å². The van der Waals surface area contributed by atoms with Gasteiger partial charge in [-0.3, -0.25) is 0 Å². The van der Waals surface area contributed by atoms with Crippen molar-refractivity contribution in [1.82, 2.24) is 0 Å². The van der Waals surface area contributed by atoms with Gasteiger partial charge in [-0.25, -0.2) is 4.39 Å². The third-order valence-corrected chi connectivity index (χ3v) is 3.80. The highest BCUT2D eigenvalue weighted by Crippen LogP contribution is 2.25. The Kier molecular flexibility index (Phi) is 5.55. The minimum Gasteiger partial charge on any atom is -0.489 e. The molecule has 100 valence electrons. The minimum atomic E-state index is -0.358. The van der Waals surface area contributed by atoms with Crippen molar-refractivity contribution in [2.75, 3.05) is 12.4 Å². The van der Waals surface area contributed by atoms with Gasteiger partial charge >= 0.3 is 0 Å². The number of rotatable bonds is 6. The van der Waals surface area contributed by atoms with Crippen LogP contribution >= 0.6 is 23.4 Å². The van der Waals surface area contributed by atoms with Crippen molar-refractivity contribution < 1.29 is 9.13 Å². The molecule has 0 aromatic heterocycles. The van der Waals surface area contributed by atoms with E-state index in [9.17, 15) is 4.39 Å². The number of alkyl halides is 1. The van der Waals surface area contributed by atoms with E-state index >= 15 is 0 Å². The molecule has 2 aromatic carbocycles. The van der Waals surface area contributed by atoms with E-state index in [0.717, 1.165) is 5.75 Å². The summed E-state index contributed by atoms with van der Waals surface area (Å²) in [6.07, 6.45) is 0. The molecule has 1 nitrogen and oxygen atoms in total. The third kappa shape index (κ3) is 4.15. The highest BCUT2D eigenvalue weighted by Gasteiger charge is 2.08. The first-order valence-electron chi connectivity index (χ1n) is 5.95. The lowest BCUT2D eigenvalue weighted by Gasteiger charge is -2.10. The van der Waals surface area contributed by atoms with Gasteiger partial charge in [0.1, 0.15) is 0 Å². The van der Waals surface area contributed by atoms with E-state index in [1.807, 2.05) is 30.3 Å². The first-order valence-corrected chi connectivity index (χ1v) is 7.47. The Hall–Kier alpha value is -1.19. The predicted octanol–water partition coefficient (Wildman–Crippen LogP) is 4.74. The van der Waals surface area contributed by atoms with Gasteiger partial charge in [0.05, 0.1) is 12.5 Å². The van der Waals surface area contributed by atoms with Crippen LogP contribution in [0.15, 0.2) is 53.4 Å². The summed E-state index contributed by atoms with van der Waals surface area (Å²) < 4.78 is 19.1. The quantitative estimate of drug-likeness (QED) is 0.433. The average molecular weight is 297 g/mol. The minimum absolute atomic E-state index is 0.249. The molecule has 2 rings (SSSR count). The summed E-state index contributed by atoms with van der Waals surface area (Å²) >= 11 is 7.44. The summed E-state index contributed by atoms with van der Waals surface area (Å²) in [4.78, 5) is 1.18. The lowest BCUT2D eigenvalue weighted by atomic mass is 10.2. The molecule has 0 N–H and O–H groups in total. The average Bonchev–Trinajstić information content (AvgIpc) is 2.46. The fourth-order valence-corrected chi connectivity index (χ4v) is 2.60. The molecule has 0 heterocycles. The van der Waals surface area contributed by atoms with Crippen LogP contribution in [-0.4, -0.2) is 12.4 Å². The van der Waals surface area contributed by atoms with Crippen LogP contribution in [0.2, 0.25) is 0 Å². The number of para-hydroxylation sites is 1. The van der Waals surface area contributed by atoms with Gasteiger partial charge in [-0.2, -0.15) is 0 Å². The van der Waals surface area contributed by atoms with Crippen LogP contribution in [0.5, 0.6) is 5.75 Å². The molecular weight excluding hydrogens is 283 g/mol. The number of halogens is 2. The van der Waals surface area contributed by atoms with Crippen molar-refractivity contribution in [2.24, 2.45) is 0 Å². The van der Waals surface area contributed by atoms with E-state index < -0.39 is 0 Å². The van der Waals surface area contributed by atoms with E-state index in [0.29, 0.717) is 12.2 Å². The summed E-state index contributed by atoms with van der Waals surface area (Å²) in [6.45, 7) is 0.449. The smallest absolute Gasteiger partial charge is 0.165 e. The maximum atomic E-state index is 13.6. The molecule has 0 saturated heterocycles. The van der Waals surface area contributed by atoms with Gasteiger partial charge in [0.25, 0.3) is 0 Å². The van der Waals surface area contributed by atoms with Crippen molar-refractivity contribution in [3.63, 3.8) is 0 Å². The molecule has 0 atom stereocenters. The number of hydrogen-bond donors (Lipinski definition) is 0. The second kappa shape index (κ2) is 7.41. The highest BCUT2D eigenvalue weighted by atomic mass is 35.5. The van der Waals surface area contributed by atoms with Gasteiger partial charge in [-0.1, -0.05) is 30.3 Å². The molecule has 0 aliphatic rings. The van der Waals surface area contributed by atoms with Crippen LogP contribution in [0.25, 0.3) is 0 Å². The number of hydrogen-bond acceptors (Lipinski definition) is 2. The lowest BCUT2D eigenvalue weighted by molar-refractivity contribution is 0.322. The lowest BCUT2D eigenvalue weighted by Crippen LogP contribution is -2.04. The van der Waals surface area contributed by atoms with E-state index in [1.165, 1.54) is 11.0 Å². The maximum absolute atomic E-state index is 13.6. The van der Waals surface area contributed by atoms with Gasteiger partial charge in [-0.15, -0.1) is 23.4 Å². The molecule has 0 aliphatic carbocycles. The Labute approximate surface area is 121 Å². The second-order valence-corrected chi connectivity index (χ2v) is 5.31. The number of ether oxygens (including phenoxy) is 1. The third-order valence-electron chi connectivity index (χ3n) is 2.53. The van der Waals surface area contributed by atoms with E-state index in [4.69, 9.17) is 16.3 Å². The number of thioether (sulfide) groups is 1. The van der Waals surface area contributed by atoms with Crippen LogP contribution in [0.3, 0.4) is 0 Å². The molecule has 0 amide bonds. The van der Waals surface area contributed by atoms with Crippen molar-refractivity contribution in [3.8, 4) is 5.75 Å². The Morgan fingerprint density at radius 1 is 1.05 bits per heavy atom. The highest BCUT2D eigenvalue weighted by molar-refractivity contribution is 7.99. The molecule has 0 unspecified atom stereocenters. The van der Waals surface area contributed by atoms with Crippen molar-refractivity contribution in [1.29, 1.82) is 0 Å². The van der Waals surface area contributed by atoms with Gasteiger partial charge in [0.15, 0.2) is 11.6 Å². The topological polar surface area (TPSA) is 9.23 Å². The van der Waals surface area contributed by atoms with Gasteiger partial charge in [-0.05, 0) is 18.2 Å². The van der Waals surface area contributed by atoms with Gasteiger partial charge in [0.2, 0.25) is 0 Å². The van der Waals surface area contributed by atoms with E-state index in [2.05, 4.69) is 0 Å². The van der Waals surface area contributed by atoms with Crippen LogP contribution in [0.4, 0.5) is 4.39 Å². The van der Waals surface area contributed by atoms with E-state index in [1.54, 1.807) is 23.9 Å². The molecule has 0 bridgehead atoms. The Morgan fingerprint density at radius 2 is 1.84 bits per heavy atom. The Balaban J connectivity index is 1.86. The maximum Gasteiger partial charge on any atom is 0.165 e. The summed E-state index contributed by atoms with van der Waals surface area (Å²) in [7, 11) is 0. The summed E-state index contributed by atoms with van der Waals surface area (Å²) in [5, 5.41) is 0. The first kappa shape index (κ1) is 14.2. The second-order valence-electron chi connectivity index (χ2n) is 3.87. The molecule has 19 heavy (non-hydrogen) atoms. The molecule has 0 saturated carbocycles. The standard InChI is InChI=1S/C15H14ClFOS/c16-11-12-5-4-8-14(17)15(12)18-9-10-19-13-6-2-1-3-7-13/h1-8H,9-11H2. The zero-order valence-corrected chi connectivity index (χ0v) is 11.9. The Bertz CT molecular complexity index is 519. The molecule has 0 spiro atoms. The van der Waals surface area contributed by atoms with Crippen LogP contribution in [-0.2, 0) is 5.88 Å². The molecular formula is C15H14ClFOS. The summed E-state index contributed by atoms with van der Waals surface area (Å²) in [5.41, 5.74) is 0.686. The zero-order chi connectivity index (χ0) is 13.5. The van der Waals surface area contributed by atoms with Crippen LogP contribution in [0.1, 0.15) is 5.56 Å². The molecule has 4 heteroatoms. The predicted molar refractivity (Wildman–Crippen MR) is 78.6 cm³/mol.